The number of amides is 1. The minimum atomic E-state index is -4.78. The Balaban J connectivity index is 1.54. The maximum absolute atomic E-state index is 13.3. The van der Waals surface area contributed by atoms with E-state index in [9.17, 15) is 27.9 Å². The Labute approximate surface area is 241 Å². The van der Waals surface area contributed by atoms with Crippen LogP contribution in [-0.4, -0.2) is 47.6 Å². The summed E-state index contributed by atoms with van der Waals surface area (Å²) in [6.07, 6.45) is -1.25. The molecule has 0 saturated carbocycles. The molecule has 1 saturated heterocycles. The molecule has 1 aliphatic heterocycles. The van der Waals surface area contributed by atoms with E-state index in [-0.39, 0.29) is 29.0 Å². The predicted octanol–water partition coefficient (Wildman–Crippen LogP) is 5.63. The smallest absolute Gasteiger partial charge is 0.503 e. The number of carbonyl (C=O) groups is 2. The molecule has 1 fully saturated rings. The van der Waals surface area contributed by atoms with E-state index in [0.717, 1.165) is 11.1 Å². The fraction of sp³-hybridized carbons (Fsp3) is 0.387. The summed E-state index contributed by atoms with van der Waals surface area (Å²) >= 11 is 0. The topological polar surface area (TPSA) is 107 Å². The number of alkyl halides is 3. The zero-order valence-corrected chi connectivity index (χ0v) is 23.3. The molecular formula is C31H33F3N2O6. The molecule has 1 aliphatic rings. The second kappa shape index (κ2) is 13.6. The van der Waals surface area contributed by atoms with Gasteiger partial charge in [-0.3, -0.25) is 4.79 Å². The van der Waals surface area contributed by atoms with Gasteiger partial charge in [0, 0.05) is 18.2 Å². The summed E-state index contributed by atoms with van der Waals surface area (Å²) in [7, 11) is 1.35. The second-order valence-electron chi connectivity index (χ2n) is 10.3. The number of carbonyl (C=O) groups excluding carboxylic acids is 2. The van der Waals surface area contributed by atoms with Crippen molar-refractivity contribution in [2.45, 2.75) is 57.5 Å². The van der Waals surface area contributed by atoms with E-state index >= 15 is 0 Å². The molecule has 0 aliphatic carbocycles. The van der Waals surface area contributed by atoms with Gasteiger partial charge in [0.1, 0.15) is 17.9 Å². The predicted molar refractivity (Wildman–Crippen MR) is 147 cm³/mol. The monoisotopic (exact) mass is 586 g/mol. The number of cyclic esters (lactones) is 1. The molecule has 3 aromatic rings. The van der Waals surface area contributed by atoms with Crippen LogP contribution in [-0.2, 0) is 22.4 Å². The average molecular weight is 587 g/mol. The summed E-state index contributed by atoms with van der Waals surface area (Å²) in [5, 5.41) is 13.0. The highest BCUT2D eigenvalue weighted by molar-refractivity contribution is 5.97. The van der Waals surface area contributed by atoms with Gasteiger partial charge in [-0.2, -0.15) is 0 Å². The Kier molecular flexibility index (Phi) is 9.92. The number of aromatic nitrogens is 1. The lowest BCUT2D eigenvalue weighted by Crippen LogP contribution is -2.43. The maximum Gasteiger partial charge on any atom is 0.573 e. The summed E-state index contributed by atoms with van der Waals surface area (Å²) in [5.74, 6) is -2.11. The first-order valence-corrected chi connectivity index (χ1v) is 13.7. The van der Waals surface area contributed by atoms with E-state index in [1.807, 2.05) is 30.3 Å². The van der Waals surface area contributed by atoms with Gasteiger partial charge in [-0.1, -0.05) is 48.9 Å². The molecule has 4 unspecified atom stereocenters. The van der Waals surface area contributed by atoms with Crippen molar-refractivity contribution in [1.29, 1.82) is 0 Å². The van der Waals surface area contributed by atoms with Crippen LogP contribution < -0.4 is 14.8 Å². The van der Waals surface area contributed by atoms with Crippen molar-refractivity contribution >= 4 is 11.9 Å². The van der Waals surface area contributed by atoms with Crippen LogP contribution in [0.5, 0.6) is 17.2 Å². The average Bonchev–Trinajstić information content (AvgIpc) is 2.99. The van der Waals surface area contributed by atoms with Gasteiger partial charge in [-0.25, -0.2) is 9.78 Å². The highest BCUT2D eigenvalue weighted by atomic mass is 19.4. The standard InChI is InChI=1S/C31H33F3N2O6/c1-19-24(18-21-11-13-23(14-12-21)42-31(32,33)34)22(17-20-7-4-3-5-8-20)9-6-10-25(30(39)41-19)36-29(38)27-28(37)26(40-2)15-16-35-27/h3-5,7-8,11-16,19,22,24-25,37H,6,9-10,17-18H2,1-2H3,(H,36,38). The van der Waals surface area contributed by atoms with Crippen LogP contribution in [0, 0.1) is 11.8 Å². The van der Waals surface area contributed by atoms with E-state index in [4.69, 9.17) is 9.47 Å². The van der Waals surface area contributed by atoms with E-state index in [1.54, 1.807) is 19.1 Å². The minimum Gasteiger partial charge on any atom is -0.503 e. The van der Waals surface area contributed by atoms with Crippen molar-refractivity contribution < 1.29 is 42.1 Å². The van der Waals surface area contributed by atoms with Gasteiger partial charge < -0.3 is 24.6 Å². The summed E-state index contributed by atoms with van der Waals surface area (Å²) in [4.78, 5) is 30.2. The molecule has 1 aromatic heterocycles. The molecule has 42 heavy (non-hydrogen) atoms. The number of nitrogens with zero attached hydrogens (tertiary/aromatic N) is 1. The number of methoxy groups -OCH3 is 1. The zero-order chi connectivity index (χ0) is 30.3. The summed E-state index contributed by atoms with van der Waals surface area (Å²) in [6.45, 7) is 1.79. The molecule has 0 radical (unpaired) electrons. The first-order chi connectivity index (χ1) is 20.0. The van der Waals surface area contributed by atoms with Crippen LogP contribution in [0.25, 0.3) is 0 Å². The fourth-order valence-corrected chi connectivity index (χ4v) is 5.38. The number of esters is 1. The first kappa shape index (κ1) is 30.7. The fourth-order valence-electron chi connectivity index (χ4n) is 5.38. The molecule has 2 heterocycles. The number of ether oxygens (including phenoxy) is 3. The van der Waals surface area contributed by atoms with Crippen molar-refractivity contribution in [3.05, 3.63) is 83.7 Å². The first-order valence-electron chi connectivity index (χ1n) is 13.7. The molecule has 2 aromatic carbocycles. The Morgan fingerprint density at radius 3 is 2.40 bits per heavy atom. The maximum atomic E-state index is 13.3. The molecule has 11 heteroatoms. The number of hydrogen-bond acceptors (Lipinski definition) is 7. The Hall–Kier alpha value is -4.28. The van der Waals surface area contributed by atoms with Crippen LogP contribution in [0.1, 0.15) is 47.8 Å². The summed E-state index contributed by atoms with van der Waals surface area (Å²) < 4.78 is 52.8. The Morgan fingerprint density at radius 2 is 1.74 bits per heavy atom. The van der Waals surface area contributed by atoms with Crippen LogP contribution in [0.3, 0.4) is 0 Å². The number of nitrogens with one attached hydrogen (secondary N) is 1. The molecular weight excluding hydrogens is 553 g/mol. The zero-order valence-electron chi connectivity index (χ0n) is 23.3. The molecule has 1 amide bonds. The number of rotatable bonds is 8. The van der Waals surface area contributed by atoms with E-state index < -0.39 is 36.1 Å². The molecule has 0 bridgehead atoms. The van der Waals surface area contributed by atoms with Gasteiger partial charge in [0.25, 0.3) is 5.91 Å². The van der Waals surface area contributed by atoms with Crippen molar-refractivity contribution in [1.82, 2.24) is 10.3 Å². The van der Waals surface area contributed by atoms with Gasteiger partial charge in [0.05, 0.1) is 7.11 Å². The van der Waals surface area contributed by atoms with E-state index in [0.29, 0.717) is 32.1 Å². The summed E-state index contributed by atoms with van der Waals surface area (Å²) in [5.41, 5.74) is 1.62. The third kappa shape index (κ3) is 8.14. The van der Waals surface area contributed by atoms with Gasteiger partial charge in [-0.05, 0) is 61.8 Å². The van der Waals surface area contributed by atoms with Gasteiger partial charge in [0.15, 0.2) is 17.2 Å². The third-order valence-electron chi connectivity index (χ3n) is 7.46. The lowest BCUT2D eigenvalue weighted by atomic mass is 9.77. The van der Waals surface area contributed by atoms with Crippen molar-refractivity contribution in [3.63, 3.8) is 0 Å². The number of pyridine rings is 1. The van der Waals surface area contributed by atoms with Gasteiger partial charge in [0.2, 0.25) is 0 Å². The quantitative estimate of drug-likeness (QED) is 0.330. The third-order valence-corrected chi connectivity index (χ3v) is 7.46. The number of hydrogen-bond donors (Lipinski definition) is 2. The molecule has 4 rings (SSSR count). The van der Waals surface area contributed by atoms with Crippen molar-refractivity contribution in [3.8, 4) is 17.2 Å². The van der Waals surface area contributed by atoms with Crippen LogP contribution >= 0.6 is 0 Å². The highest BCUT2D eigenvalue weighted by Gasteiger charge is 2.35. The highest BCUT2D eigenvalue weighted by Crippen LogP contribution is 2.34. The number of aromatic hydroxyl groups is 1. The molecule has 224 valence electrons. The van der Waals surface area contributed by atoms with Crippen LogP contribution in [0.2, 0.25) is 0 Å². The van der Waals surface area contributed by atoms with Gasteiger partial charge in [-0.15, -0.1) is 13.2 Å². The Morgan fingerprint density at radius 1 is 1.05 bits per heavy atom. The number of halogens is 3. The SMILES string of the molecule is COc1ccnc(C(=O)NC2CCCC(Cc3ccccc3)C(Cc3ccc(OC(F)(F)F)cc3)C(C)OC2=O)c1O. The molecule has 8 nitrogen and oxygen atoms in total. The van der Waals surface area contributed by atoms with Gasteiger partial charge >= 0.3 is 12.3 Å². The number of benzene rings is 2. The molecule has 2 N–H and O–H groups in total. The molecule has 4 atom stereocenters. The van der Waals surface area contributed by atoms with Crippen molar-refractivity contribution in [2.24, 2.45) is 11.8 Å². The summed E-state index contributed by atoms with van der Waals surface area (Å²) in [6, 6.07) is 16.0. The largest absolute Gasteiger partial charge is 0.573 e. The lowest BCUT2D eigenvalue weighted by Gasteiger charge is -2.31. The van der Waals surface area contributed by atoms with Crippen LogP contribution in [0.4, 0.5) is 13.2 Å². The lowest BCUT2D eigenvalue weighted by molar-refractivity contribution is -0.274. The Bertz CT molecular complexity index is 1350. The minimum absolute atomic E-state index is 0.0693. The van der Waals surface area contributed by atoms with E-state index in [1.165, 1.54) is 31.5 Å². The van der Waals surface area contributed by atoms with Crippen LogP contribution in [0.15, 0.2) is 66.9 Å². The van der Waals surface area contributed by atoms with Crippen molar-refractivity contribution in [2.75, 3.05) is 7.11 Å². The van der Waals surface area contributed by atoms with E-state index in [2.05, 4.69) is 15.0 Å². The normalized spacial score (nSPS) is 21.3. The second-order valence-corrected chi connectivity index (χ2v) is 10.3. The molecule has 0 spiro atoms.